The largest absolute Gasteiger partial charge is 0.368 e. The quantitative estimate of drug-likeness (QED) is 0.728. The van der Waals surface area contributed by atoms with Gasteiger partial charge in [-0.3, -0.25) is 4.79 Å². The minimum absolute atomic E-state index is 0.255. The maximum Gasteiger partial charge on any atom is 0.268 e. The number of halogens is 1. The minimum atomic E-state index is -0.536. The van der Waals surface area contributed by atoms with Crippen LogP contribution in [0.15, 0.2) is 10.7 Å². The number of hydrogen-bond acceptors (Lipinski definition) is 4. The van der Waals surface area contributed by atoms with Crippen molar-refractivity contribution in [1.29, 1.82) is 0 Å². The summed E-state index contributed by atoms with van der Waals surface area (Å²) in [5, 5.41) is 4.52. The van der Waals surface area contributed by atoms with Gasteiger partial charge in [0.2, 0.25) is 0 Å². The van der Waals surface area contributed by atoms with E-state index in [2.05, 4.69) is 56.0 Å². The summed E-state index contributed by atoms with van der Waals surface area (Å²) in [6.45, 7) is 7.26. The van der Waals surface area contributed by atoms with E-state index in [1.807, 2.05) is 0 Å². The van der Waals surface area contributed by atoms with Gasteiger partial charge in [-0.25, -0.2) is 4.98 Å². The van der Waals surface area contributed by atoms with E-state index < -0.39 is 5.91 Å². The van der Waals surface area contributed by atoms with Crippen molar-refractivity contribution in [2.75, 3.05) is 24.5 Å². The Kier molecular flexibility index (Phi) is 5.10. The number of carbonyl (C=O) groups is 1. The lowest BCUT2D eigenvalue weighted by Gasteiger charge is -2.36. The van der Waals surface area contributed by atoms with Gasteiger partial charge >= 0.3 is 0 Å². The van der Waals surface area contributed by atoms with Gasteiger partial charge in [0.15, 0.2) is 0 Å². The van der Waals surface area contributed by atoms with Crippen molar-refractivity contribution < 1.29 is 4.79 Å². The summed E-state index contributed by atoms with van der Waals surface area (Å²) in [5.41, 5.74) is 7.34. The molecule has 7 heteroatoms. The second-order valence-electron chi connectivity index (χ2n) is 6.73. The molecule has 1 saturated heterocycles. The molecule has 1 amide bonds. The molecule has 129 valence electrons. The van der Waals surface area contributed by atoms with Crippen LogP contribution in [0.5, 0.6) is 0 Å². The Bertz CT molecular complexity index is 742. The molecular formula is C17H23BrN5O. The number of aromatic amines is 1. The summed E-state index contributed by atoms with van der Waals surface area (Å²) in [6.07, 6.45) is 3.98. The zero-order valence-electron chi connectivity index (χ0n) is 14.0. The number of pyridine rings is 1. The fourth-order valence-corrected chi connectivity index (χ4v) is 3.91. The molecule has 24 heavy (non-hydrogen) atoms. The molecule has 2 aromatic heterocycles. The van der Waals surface area contributed by atoms with Crippen molar-refractivity contribution in [3.63, 3.8) is 0 Å². The monoisotopic (exact) mass is 392 g/mol. The van der Waals surface area contributed by atoms with Crippen molar-refractivity contribution in [1.82, 2.24) is 15.3 Å². The third kappa shape index (κ3) is 3.42. The fourth-order valence-electron chi connectivity index (χ4n) is 3.18. The molecule has 0 saturated carbocycles. The van der Waals surface area contributed by atoms with Crippen LogP contribution in [-0.2, 0) is 0 Å². The molecule has 0 bridgehead atoms. The first-order valence-corrected chi connectivity index (χ1v) is 9.13. The van der Waals surface area contributed by atoms with E-state index in [0.717, 1.165) is 43.5 Å². The zero-order chi connectivity index (χ0) is 17.3. The Morgan fingerprint density at radius 3 is 3.12 bits per heavy atom. The molecule has 0 aliphatic carbocycles. The van der Waals surface area contributed by atoms with Crippen molar-refractivity contribution in [2.45, 2.75) is 32.7 Å². The number of rotatable bonds is 5. The summed E-state index contributed by atoms with van der Waals surface area (Å²) in [7, 11) is 0. The molecule has 6 nitrogen and oxygen atoms in total. The fraction of sp³-hybridized carbons (Fsp3) is 0.529. The SMILES string of the molecule is CC(C)CN[C@@H]1CCCN(c2c(Br)c(C(N)=O)nc3[nH]c[c]c23)C1. The first-order valence-electron chi connectivity index (χ1n) is 8.33. The van der Waals surface area contributed by atoms with Gasteiger partial charge in [0.25, 0.3) is 5.91 Å². The number of nitrogens with zero attached hydrogens (tertiary/aromatic N) is 2. The molecule has 1 fully saturated rings. The molecule has 0 aromatic carbocycles. The Morgan fingerprint density at radius 1 is 1.62 bits per heavy atom. The first-order chi connectivity index (χ1) is 11.5. The van der Waals surface area contributed by atoms with E-state index in [1.54, 1.807) is 6.20 Å². The van der Waals surface area contributed by atoms with Gasteiger partial charge in [-0.2, -0.15) is 0 Å². The number of anilines is 1. The predicted molar refractivity (Wildman–Crippen MR) is 99.2 cm³/mol. The molecule has 3 heterocycles. The molecule has 0 unspecified atom stereocenters. The number of H-pyrrole nitrogens is 1. The van der Waals surface area contributed by atoms with Crippen LogP contribution in [-0.4, -0.2) is 41.6 Å². The van der Waals surface area contributed by atoms with Crippen molar-refractivity contribution >= 4 is 38.6 Å². The molecule has 2 aromatic rings. The van der Waals surface area contributed by atoms with Gasteiger partial charge in [0.1, 0.15) is 11.3 Å². The number of nitrogens with two attached hydrogens (primary N) is 1. The van der Waals surface area contributed by atoms with Gasteiger partial charge in [0, 0.05) is 31.4 Å². The highest BCUT2D eigenvalue weighted by atomic mass is 79.9. The van der Waals surface area contributed by atoms with Gasteiger partial charge in [-0.05, 0) is 41.2 Å². The molecule has 1 atom stereocenters. The van der Waals surface area contributed by atoms with Gasteiger partial charge in [-0.15, -0.1) is 0 Å². The van der Waals surface area contributed by atoms with Gasteiger partial charge in [0.05, 0.1) is 15.5 Å². The molecule has 0 spiro atoms. The summed E-state index contributed by atoms with van der Waals surface area (Å²) in [4.78, 5) is 21.4. The summed E-state index contributed by atoms with van der Waals surface area (Å²) < 4.78 is 0.655. The van der Waals surface area contributed by atoms with E-state index in [0.29, 0.717) is 22.1 Å². The molecular weight excluding hydrogens is 370 g/mol. The lowest BCUT2D eigenvalue weighted by molar-refractivity contribution is 0.0995. The van der Waals surface area contributed by atoms with Crippen molar-refractivity contribution in [3.05, 3.63) is 22.4 Å². The van der Waals surface area contributed by atoms with Crippen LogP contribution in [0.25, 0.3) is 11.0 Å². The molecule has 3 rings (SSSR count). The number of hydrogen-bond donors (Lipinski definition) is 3. The lowest BCUT2D eigenvalue weighted by atomic mass is 10.0. The van der Waals surface area contributed by atoms with Gasteiger partial charge in [-0.1, -0.05) is 13.8 Å². The number of fused-ring (bicyclic) bond motifs is 1. The molecule has 4 N–H and O–H groups in total. The Labute approximate surface area is 150 Å². The number of amides is 1. The smallest absolute Gasteiger partial charge is 0.268 e. The van der Waals surface area contributed by atoms with Crippen molar-refractivity contribution in [2.24, 2.45) is 11.7 Å². The average Bonchev–Trinajstić information content (AvgIpc) is 3.00. The average molecular weight is 393 g/mol. The van der Waals surface area contributed by atoms with Crippen LogP contribution >= 0.6 is 15.9 Å². The number of nitrogens with one attached hydrogen (secondary N) is 2. The summed E-state index contributed by atoms with van der Waals surface area (Å²) >= 11 is 3.55. The van der Waals surface area contributed by atoms with Crippen molar-refractivity contribution in [3.8, 4) is 0 Å². The van der Waals surface area contributed by atoms with Gasteiger partial charge < -0.3 is 20.9 Å². The topological polar surface area (TPSA) is 87.0 Å². The third-order valence-corrected chi connectivity index (χ3v) is 5.08. The third-order valence-electron chi connectivity index (χ3n) is 4.32. The van der Waals surface area contributed by atoms with Crippen LogP contribution in [0.4, 0.5) is 5.69 Å². The van der Waals surface area contributed by atoms with E-state index in [-0.39, 0.29) is 5.69 Å². The van der Waals surface area contributed by atoms with Crippen LogP contribution in [0, 0.1) is 12.0 Å². The molecule has 1 aliphatic rings. The molecule has 1 radical (unpaired) electrons. The van der Waals surface area contributed by atoms with E-state index in [9.17, 15) is 4.79 Å². The lowest BCUT2D eigenvalue weighted by Crippen LogP contribution is -2.47. The molecule has 1 aliphatic heterocycles. The number of primary amides is 1. The highest BCUT2D eigenvalue weighted by Gasteiger charge is 2.26. The van der Waals surface area contributed by atoms with E-state index in [4.69, 9.17) is 5.73 Å². The van der Waals surface area contributed by atoms with Crippen LogP contribution in [0.1, 0.15) is 37.2 Å². The number of aromatic nitrogens is 2. The van der Waals surface area contributed by atoms with E-state index >= 15 is 0 Å². The maximum absolute atomic E-state index is 11.7. The first kappa shape index (κ1) is 17.2. The number of piperidine rings is 1. The maximum atomic E-state index is 11.7. The Hall–Kier alpha value is -1.60. The van der Waals surface area contributed by atoms with Crippen LogP contribution in [0.2, 0.25) is 0 Å². The predicted octanol–water partition coefficient (Wildman–Crippen LogP) is 2.44. The Balaban J connectivity index is 1.94. The highest BCUT2D eigenvalue weighted by molar-refractivity contribution is 9.10. The summed E-state index contributed by atoms with van der Waals surface area (Å²) in [5.74, 6) is 0.0883. The normalized spacial score (nSPS) is 18.5. The minimum Gasteiger partial charge on any atom is -0.368 e. The van der Waals surface area contributed by atoms with Crippen LogP contribution in [0.3, 0.4) is 0 Å². The zero-order valence-corrected chi connectivity index (χ0v) is 15.6. The summed E-state index contributed by atoms with van der Waals surface area (Å²) in [6, 6.07) is 3.63. The Morgan fingerprint density at radius 2 is 2.42 bits per heavy atom. The standard InChI is InChI=1S/C17H23BrN5O/c1-10(2)8-21-11-4-3-7-23(9-11)15-12-5-6-20-17(12)22-14(13(15)18)16(19)24/h6,10-11,21H,3-4,7-9H2,1-2H3,(H2,19,24)(H,20,22)/t11-/m1/s1. The van der Waals surface area contributed by atoms with E-state index in [1.165, 1.54) is 0 Å². The second-order valence-corrected chi connectivity index (χ2v) is 7.52. The highest BCUT2D eigenvalue weighted by Crippen LogP contribution is 2.36. The van der Waals surface area contributed by atoms with Crippen LogP contribution < -0.4 is 16.0 Å². The second kappa shape index (κ2) is 7.11. The number of carbonyl (C=O) groups excluding carboxylic acids is 1.